The van der Waals surface area contributed by atoms with Crippen LogP contribution in [-0.2, 0) is 9.59 Å². The molecule has 1 aromatic carbocycles. The number of carbonyl (C=O) groups is 2. The predicted molar refractivity (Wildman–Crippen MR) is 120 cm³/mol. The Kier molecular flexibility index (Phi) is 7.09. The zero-order valence-electron chi connectivity index (χ0n) is 17.5. The van der Waals surface area contributed by atoms with Gasteiger partial charge in [0.25, 0.3) is 0 Å². The quantitative estimate of drug-likeness (QED) is 0.668. The molecule has 6 nitrogen and oxygen atoms in total. The number of rotatable bonds is 5. The van der Waals surface area contributed by atoms with Crippen molar-refractivity contribution in [2.75, 3.05) is 45.8 Å². The number of benzene rings is 1. The smallest absolute Gasteiger partial charge is 0.246 e. The van der Waals surface area contributed by atoms with Crippen LogP contribution in [-0.4, -0.2) is 77.3 Å². The number of likely N-dealkylation sites (tertiary alicyclic amines) is 1. The fourth-order valence-electron chi connectivity index (χ4n) is 3.91. The van der Waals surface area contributed by atoms with Gasteiger partial charge in [-0.1, -0.05) is 0 Å². The van der Waals surface area contributed by atoms with E-state index < -0.39 is 0 Å². The summed E-state index contributed by atoms with van der Waals surface area (Å²) in [5, 5.41) is 2.67. The minimum absolute atomic E-state index is 0.0432. The van der Waals surface area contributed by atoms with E-state index in [-0.39, 0.29) is 17.6 Å². The van der Waals surface area contributed by atoms with E-state index >= 15 is 0 Å². The van der Waals surface area contributed by atoms with Crippen LogP contribution in [0.1, 0.15) is 25.0 Å². The summed E-state index contributed by atoms with van der Waals surface area (Å²) < 4.78 is 13.1. The fraction of sp³-hybridized carbons (Fsp3) is 0.435. The molecule has 0 bridgehead atoms. The molecule has 0 radical (unpaired) electrons. The third kappa shape index (κ3) is 5.77. The van der Waals surface area contributed by atoms with Crippen LogP contribution in [0.15, 0.2) is 35.7 Å². The summed E-state index contributed by atoms with van der Waals surface area (Å²) in [5.41, 5.74) is 1.57. The topological polar surface area (TPSA) is 56.8 Å². The number of piperidine rings is 1. The van der Waals surface area contributed by atoms with E-state index in [1.165, 1.54) is 29.9 Å². The highest BCUT2D eigenvalue weighted by Crippen LogP contribution is 2.24. The predicted octanol–water partition coefficient (Wildman–Crippen LogP) is 3.12. The first kappa shape index (κ1) is 21.6. The van der Waals surface area contributed by atoms with Gasteiger partial charge in [-0.2, -0.15) is 0 Å². The summed E-state index contributed by atoms with van der Waals surface area (Å²) in [6.45, 7) is 4.86. The third-order valence-electron chi connectivity index (χ3n) is 5.76. The van der Waals surface area contributed by atoms with Gasteiger partial charge >= 0.3 is 0 Å². The molecule has 4 rings (SSSR count). The molecule has 2 amide bonds. The first-order valence-corrected chi connectivity index (χ1v) is 11.6. The summed E-state index contributed by atoms with van der Waals surface area (Å²) in [4.78, 5) is 35.4. The molecule has 1 aromatic heterocycles. The number of hydrogen-bond acceptors (Lipinski definition) is 5. The number of nitrogens with zero attached hydrogens (tertiary/aromatic N) is 4. The minimum Gasteiger partial charge on any atom is -0.342 e. The Bertz CT molecular complexity index is 929. The second-order valence-corrected chi connectivity index (χ2v) is 8.82. The Labute approximate surface area is 186 Å². The standard InChI is InChI=1S/C23H27FN4O2S/c24-19-6-4-18(5-7-19)23-25-20(17-31-23)8-9-21(29)28-14-12-26(13-15-28)16-22(30)27-10-2-1-3-11-27/h4-9,17H,1-3,10-16H2/b9-8+. The fourth-order valence-corrected chi connectivity index (χ4v) is 4.70. The monoisotopic (exact) mass is 442 g/mol. The Balaban J connectivity index is 1.25. The van der Waals surface area contributed by atoms with E-state index in [1.54, 1.807) is 24.3 Å². The minimum atomic E-state index is -0.276. The molecule has 2 saturated heterocycles. The average Bonchev–Trinajstić information content (AvgIpc) is 3.28. The van der Waals surface area contributed by atoms with E-state index in [4.69, 9.17) is 0 Å². The third-order valence-corrected chi connectivity index (χ3v) is 6.67. The van der Waals surface area contributed by atoms with E-state index in [9.17, 15) is 14.0 Å². The van der Waals surface area contributed by atoms with Gasteiger partial charge in [0, 0.05) is 56.3 Å². The number of carbonyl (C=O) groups excluding carboxylic acids is 2. The second kappa shape index (κ2) is 10.2. The van der Waals surface area contributed by atoms with E-state index in [1.807, 2.05) is 15.2 Å². The molecule has 31 heavy (non-hydrogen) atoms. The molecule has 3 heterocycles. The van der Waals surface area contributed by atoms with Crippen molar-refractivity contribution in [1.82, 2.24) is 19.7 Å². The van der Waals surface area contributed by atoms with Gasteiger partial charge in [0.05, 0.1) is 12.2 Å². The van der Waals surface area contributed by atoms with Crippen molar-refractivity contribution in [2.24, 2.45) is 0 Å². The normalized spacial score (nSPS) is 18.0. The maximum atomic E-state index is 13.1. The van der Waals surface area contributed by atoms with Gasteiger partial charge in [-0.25, -0.2) is 9.37 Å². The van der Waals surface area contributed by atoms with Crippen LogP contribution >= 0.6 is 11.3 Å². The molecule has 0 spiro atoms. The number of amides is 2. The number of piperazine rings is 1. The van der Waals surface area contributed by atoms with Crippen molar-refractivity contribution < 1.29 is 14.0 Å². The van der Waals surface area contributed by atoms with Crippen LogP contribution in [0.5, 0.6) is 0 Å². The highest BCUT2D eigenvalue weighted by Gasteiger charge is 2.24. The number of thiazole rings is 1. The van der Waals surface area contributed by atoms with Gasteiger partial charge in [-0.15, -0.1) is 11.3 Å². The maximum absolute atomic E-state index is 13.1. The van der Waals surface area contributed by atoms with E-state index in [0.29, 0.717) is 38.4 Å². The van der Waals surface area contributed by atoms with E-state index in [0.717, 1.165) is 36.5 Å². The maximum Gasteiger partial charge on any atom is 0.246 e. The van der Waals surface area contributed by atoms with Crippen molar-refractivity contribution in [3.05, 3.63) is 47.2 Å². The Hall–Kier alpha value is -2.58. The number of hydrogen-bond donors (Lipinski definition) is 0. The second-order valence-electron chi connectivity index (χ2n) is 7.96. The zero-order chi connectivity index (χ0) is 21.6. The van der Waals surface area contributed by atoms with Gasteiger partial charge in [0.15, 0.2) is 0 Å². The Morgan fingerprint density at radius 2 is 1.68 bits per heavy atom. The van der Waals surface area contributed by atoms with Gasteiger partial charge in [0.1, 0.15) is 10.8 Å². The molecule has 0 N–H and O–H groups in total. The van der Waals surface area contributed by atoms with Crippen LogP contribution in [0.2, 0.25) is 0 Å². The molecule has 0 saturated carbocycles. The molecule has 164 valence electrons. The molecule has 0 unspecified atom stereocenters. The largest absolute Gasteiger partial charge is 0.342 e. The van der Waals surface area contributed by atoms with Crippen LogP contribution in [0, 0.1) is 5.82 Å². The number of halogens is 1. The first-order valence-electron chi connectivity index (χ1n) is 10.8. The van der Waals surface area contributed by atoms with Crippen molar-refractivity contribution in [1.29, 1.82) is 0 Å². The Morgan fingerprint density at radius 3 is 2.39 bits per heavy atom. The molecule has 2 aliphatic rings. The summed E-state index contributed by atoms with van der Waals surface area (Å²) in [7, 11) is 0. The van der Waals surface area contributed by atoms with Crippen LogP contribution in [0.3, 0.4) is 0 Å². The van der Waals surface area contributed by atoms with Crippen LogP contribution in [0.25, 0.3) is 16.6 Å². The molecule has 2 aliphatic heterocycles. The van der Waals surface area contributed by atoms with Crippen molar-refractivity contribution in [2.45, 2.75) is 19.3 Å². The number of aromatic nitrogens is 1. The summed E-state index contributed by atoms with van der Waals surface area (Å²) in [6, 6.07) is 6.22. The lowest BCUT2D eigenvalue weighted by Crippen LogP contribution is -2.51. The van der Waals surface area contributed by atoms with Crippen LogP contribution in [0.4, 0.5) is 4.39 Å². The molecular weight excluding hydrogens is 415 g/mol. The highest BCUT2D eigenvalue weighted by molar-refractivity contribution is 7.13. The zero-order valence-corrected chi connectivity index (χ0v) is 18.3. The van der Waals surface area contributed by atoms with E-state index in [2.05, 4.69) is 9.88 Å². The van der Waals surface area contributed by atoms with Crippen LogP contribution < -0.4 is 0 Å². The van der Waals surface area contributed by atoms with Gasteiger partial charge in [-0.3, -0.25) is 14.5 Å². The first-order chi connectivity index (χ1) is 15.1. The summed E-state index contributed by atoms with van der Waals surface area (Å²) in [6.07, 6.45) is 6.69. The molecule has 0 atom stereocenters. The highest BCUT2D eigenvalue weighted by atomic mass is 32.1. The van der Waals surface area contributed by atoms with Crippen molar-refractivity contribution in [3.8, 4) is 10.6 Å². The lowest BCUT2D eigenvalue weighted by atomic mass is 10.1. The summed E-state index contributed by atoms with van der Waals surface area (Å²) >= 11 is 1.46. The van der Waals surface area contributed by atoms with Gasteiger partial charge < -0.3 is 9.80 Å². The van der Waals surface area contributed by atoms with Crippen molar-refractivity contribution >= 4 is 29.2 Å². The molecule has 8 heteroatoms. The summed E-state index contributed by atoms with van der Waals surface area (Å²) in [5.74, 6) is -0.111. The lowest BCUT2D eigenvalue weighted by molar-refractivity contribution is -0.134. The Morgan fingerprint density at radius 1 is 0.968 bits per heavy atom. The molecular formula is C23H27FN4O2S. The molecule has 0 aliphatic carbocycles. The van der Waals surface area contributed by atoms with Gasteiger partial charge in [0.2, 0.25) is 11.8 Å². The van der Waals surface area contributed by atoms with Gasteiger partial charge in [-0.05, 0) is 49.6 Å². The SMILES string of the molecule is O=C(/C=C/c1csc(-c2ccc(F)cc2)n1)N1CCN(CC(=O)N2CCCCC2)CC1. The molecule has 2 fully saturated rings. The average molecular weight is 443 g/mol. The lowest BCUT2D eigenvalue weighted by Gasteiger charge is -2.35. The van der Waals surface area contributed by atoms with Crippen molar-refractivity contribution in [3.63, 3.8) is 0 Å². The molecule has 2 aromatic rings.